The number of benzene rings is 1. The van der Waals surface area contributed by atoms with Crippen LogP contribution in [-0.2, 0) is 11.3 Å². The summed E-state index contributed by atoms with van der Waals surface area (Å²) in [6.45, 7) is 13.3. The molecular formula is C18H29NO2. The summed E-state index contributed by atoms with van der Waals surface area (Å²) < 4.78 is 11.7. The van der Waals surface area contributed by atoms with Gasteiger partial charge in [0.15, 0.2) is 0 Å². The van der Waals surface area contributed by atoms with Gasteiger partial charge in [-0.1, -0.05) is 12.1 Å². The fourth-order valence-electron chi connectivity index (χ4n) is 2.67. The van der Waals surface area contributed by atoms with Crippen LogP contribution in [0.3, 0.4) is 0 Å². The van der Waals surface area contributed by atoms with E-state index in [0.717, 1.165) is 31.7 Å². The van der Waals surface area contributed by atoms with Crippen molar-refractivity contribution in [3.8, 4) is 5.75 Å². The molecule has 0 spiro atoms. The van der Waals surface area contributed by atoms with Crippen molar-refractivity contribution in [2.45, 2.75) is 65.6 Å². The molecule has 21 heavy (non-hydrogen) atoms. The highest BCUT2D eigenvalue weighted by Gasteiger charge is 2.18. The zero-order valence-electron chi connectivity index (χ0n) is 14.1. The van der Waals surface area contributed by atoms with E-state index in [-0.39, 0.29) is 11.6 Å². The van der Waals surface area contributed by atoms with E-state index in [1.807, 2.05) is 0 Å². The van der Waals surface area contributed by atoms with Crippen LogP contribution in [0.25, 0.3) is 0 Å². The zero-order chi connectivity index (χ0) is 15.5. The topological polar surface area (TPSA) is 30.5 Å². The smallest absolute Gasteiger partial charge is 0.125 e. The van der Waals surface area contributed by atoms with Crippen LogP contribution < -0.4 is 10.1 Å². The number of nitrogens with one attached hydrogen (secondary N) is 1. The van der Waals surface area contributed by atoms with Gasteiger partial charge in [-0.15, -0.1) is 0 Å². The Labute approximate surface area is 129 Å². The first-order valence-electron chi connectivity index (χ1n) is 7.95. The maximum Gasteiger partial charge on any atom is 0.125 e. The van der Waals surface area contributed by atoms with Crippen molar-refractivity contribution in [2.24, 2.45) is 0 Å². The number of rotatable bonds is 4. The highest BCUT2D eigenvalue weighted by atomic mass is 16.5. The van der Waals surface area contributed by atoms with Gasteiger partial charge in [0, 0.05) is 18.7 Å². The van der Waals surface area contributed by atoms with Gasteiger partial charge >= 0.3 is 0 Å². The molecule has 1 aromatic carbocycles. The standard InChI is InChI=1S/C18H29NO2/c1-13-9-15(11-19-18(3,4)5)10-14(2)17(13)21-16-7-6-8-20-12-16/h9-10,16,19H,6-8,11-12H2,1-5H3. The van der Waals surface area contributed by atoms with Crippen LogP contribution in [0.15, 0.2) is 12.1 Å². The van der Waals surface area contributed by atoms with Crippen molar-refractivity contribution >= 4 is 0 Å². The van der Waals surface area contributed by atoms with Crippen molar-refractivity contribution in [3.05, 3.63) is 28.8 Å². The first kappa shape index (κ1) is 16.3. The Morgan fingerprint density at radius 3 is 2.43 bits per heavy atom. The molecule has 1 saturated heterocycles. The van der Waals surface area contributed by atoms with Gasteiger partial charge in [0.05, 0.1) is 6.61 Å². The quantitative estimate of drug-likeness (QED) is 0.916. The fraction of sp³-hybridized carbons (Fsp3) is 0.667. The van der Waals surface area contributed by atoms with Crippen LogP contribution in [0.1, 0.15) is 50.3 Å². The first-order valence-corrected chi connectivity index (χ1v) is 7.95. The zero-order valence-corrected chi connectivity index (χ0v) is 14.1. The molecule has 1 heterocycles. The van der Waals surface area contributed by atoms with Crippen LogP contribution in [0.5, 0.6) is 5.75 Å². The summed E-state index contributed by atoms with van der Waals surface area (Å²) in [5.41, 5.74) is 3.88. The Hall–Kier alpha value is -1.06. The molecule has 2 rings (SSSR count). The molecule has 1 atom stereocenters. The number of aryl methyl sites for hydroxylation is 2. The van der Waals surface area contributed by atoms with E-state index in [2.05, 4.69) is 52.1 Å². The molecule has 1 aliphatic rings. The third-order valence-corrected chi connectivity index (χ3v) is 3.75. The highest BCUT2D eigenvalue weighted by Crippen LogP contribution is 2.27. The van der Waals surface area contributed by atoms with Gasteiger partial charge in [0.1, 0.15) is 11.9 Å². The molecule has 1 N–H and O–H groups in total. The van der Waals surface area contributed by atoms with E-state index in [1.54, 1.807) is 0 Å². The molecule has 3 heteroatoms. The SMILES string of the molecule is Cc1cc(CNC(C)(C)C)cc(C)c1OC1CCCOC1. The number of hydrogen-bond donors (Lipinski definition) is 1. The van der Waals surface area contributed by atoms with Crippen molar-refractivity contribution in [2.75, 3.05) is 13.2 Å². The summed E-state index contributed by atoms with van der Waals surface area (Å²) in [7, 11) is 0. The molecular weight excluding hydrogens is 262 g/mol. The highest BCUT2D eigenvalue weighted by molar-refractivity contribution is 5.43. The molecule has 3 nitrogen and oxygen atoms in total. The van der Waals surface area contributed by atoms with Crippen LogP contribution in [0.4, 0.5) is 0 Å². The number of hydrogen-bond acceptors (Lipinski definition) is 3. The lowest BCUT2D eigenvalue weighted by atomic mass is 10.0. The molecule has 1 unspecified atom stereocenters. The maximum atomic E-state index is 6.17. The van der Waals surface area contributed by atoms with Crippen LogP contribution >= 0.6 is 0 Å². The van der Waals surface area contributed by atoms with E-state index >= 15 is 0 Å². The largest absolute Gasteiger partial charge is 0.487 e. The van der Waals surface area contributed by atoms with Crippen molar-refractivity contribution in [1.29, 1.82) is 0 Å². The van der Waals surface area contributed by atoms with Crippen LogP contribution in [-0.4, -0.2) is 24.9 Å². The molecule has 0 saturated carbocycles. The van der Waals surface area contributed by atoms with Crippen molar-refractivity contribution < 1.29 is 9.47 Å². The Bertz CT molecular complexity index is 448. The van der Waals surface area contributed by atoms with Crippen molar-refractivity contribution in [3.63, 3.8) is 0 Å². The van der Waals surface area contributed by atoms with E-state index in [1.165, 1.54) is 16.7 Å². The molecule has 0 aliphatic carbocycles. The summed E-state index contributed by atoms with van der Waals surface area (Å²) in [4.78, 5) is 0. The minimum atomic E-state index is 0.135. The predicted octanol–water partition coefficient (Wildman–Crippen LogP) is 3.75. The minimum absolute atomic E-state index is 0.135. The monoisotopic (exact) mass is 291 g/mol. The molecule has 1 aromatic rings. The second-order valence-electron chi connectivity index (χ2n) is 7.12. The van der Waals surface area contributed by atoms with Gasteiger partial charge in [-0.2, -0.15) is 0 Å². The normalized spacial score (nSPS) is 19.6. The Morgan fingerprint density at radius 1 is 1.24 bits per heavy atom. The predicted molar refractivity (Wildman–Crippen MR) is 87.0 cm³/mol. The lowest BCUT2D eigenvalue weighted by Crippen LogP contribution is -2.35. The second kappa shape index (κ2) is 6.80. The van der Waals surface area contributed by atoms with Gasteiger partial charge < -0.3 is 14.8 Å². The molecule has 118 valence electrons. The lowest BCUT2D eigenvalue weighted by molar-refractivity contribution is 0.00687. The first-order chi connectivity index (χ1) is 9.85. The average molecular weight is 291 g/mol. The second-order valence-corrected chi connectivity index (χ2v) is 7.12. The summed E-state index contributed by atoms with van der Waals surface area (Å²) >= 11 is 0. The third kappa shape index (κ3) is 5.01. The molecule has 0 aromatic heterocycles. The Morgan fingerprint density at radius 2 is 1.90 bits per heavy atom. The molecule has 1 fully saturated rings. The van der Waals surface area contributed by atoms with Gasteiger partial charge in [0.2, 0.25) is 0 Å². The molecule has 0 bridgehead atoms. The van der Waals surface area contributed by atoms with E-state index in [9.17, 15) is 0 Å². The van der Waals surface area contributed by atoms with E-state index in [4.69, 9.17) is 9.47 Å². The summed E-state index contributed by atoms with van der Waals surface area (Å²) in [6.07, 6.45) is 2.39. The molecule has 0 amide bonds. The Balaban J connectivity index is 2.05. The van der Waals surface area contributed by atoms with Gasteiger partial charge in [-0.3, -0.25) is 0 Å². The van der Waals surface area contributed by atoms with E-state index in [0.29, 0.717) is 6.61 Å². The maximum absolute atomic E-state index is 6.17. The summed E-state index contributed by atoms with van der Waals surface area (Å²) in [5.74, 6) is 1.03. The molecule has 1 aliphatic heterocycles. The summed E-state index contributed by atoms with van der Waals surface area (Å²) in [6, 6.07) is 4.45. The lowest BCUT2D eigenvalue weighted by Gasteiger charge is -2.26. The fourth-order valence-corrected chi connectivity index (χ4v) is 2.67. The van der Waals surface area contributed by atoms with Gasteiger partial charge in [-0.05, 0) is 64.2 Å². The number of ether oxygens (including phenoxy) is 2. The summed E-state index contributed by atoms with van der Waals surface area (Å²) in [5, 5.41) is 3.53. The third-order valence-electron chi connectivity index (χ3n) is 3.75. The minimum Gasteiger partial charge on any atom is -0.487 e. The van der Waals surface area contributed by atoms with Crippen LogP contribution in [0.2, 0.25) is 0 Å². The van der Waals surface area contributed by atoms with Gasteiger partial charge in [-0.25, -0.2) is 0 Å². The molecule has 0 radical (unpaired) electrons. The van der Waals surface area contributed by atoms with Gasteiger partial charge in [0.25, 0.3) is 0 Å². The van der Waals surface area contributed by atoms with Crippen LogP contribution in [0, 0.1) is 13.8 Å². The average Bonchev–Trinajstić information content (AvgIpc) is 2.41. The van der Waals surface area contributed by atoms with Crippen molar-refractivity contribution in [1.82, 2.24) is 5.32 Å². The Kier molecular flexibility index (Phi) is 5.28. The van der Waals surface area contributed by atoms with E-state index < -0.39 is 0 Å².